The average molecular weight is 244 g/mol. The Morgan fingerprint density at radius 1 is 1.38 bits per heavy atom. The van der Waals surface area contributed by atoms with Gasteiger partial charge in [-0.1, -0.05) is 20.8 Å². The summed E-state index contributed by atoms with van der Waals surface area (Å²) in [4.78, 5) is 2.68. The van der Waals surface area contributed by atoms with Gasteiger partial charge in [-0.15, -0.1) is 0 Å². The quantitative estimate of drug-likeness (QED) is 0.800. The summed E-state index contributed by atoms with van der Waals surface area (Å²) in [7, 11) is 0. The molecule has 1 fully saturated rings. The van der Waals surface area contributed by atoms with E-state index in [9.17, 15) is 0 Å². The van der Waals surface area contributed by atoms with Crippen molar-refractivity contribution in [3.63, 3.8) is 0 Å². The first-order chi connectivity index (χ1) is 7.46. The number of thioether (sulfide) groups is 1. The second-order valence-corrected chi connectivity index (χ2v) is 7.50. The van der Waals surface area contributed by atoms with Crippen LogP contribution in [0.1, 0.15) is 34.6 Å². The van der Waals surface area contributed by atoms with Gasteiger partial charge in [-0.3, -0.25) is 4.90 Å². The van der Waals surface area contributed by atoms with Crippen molar-refractivity contribution in [1.82, 2.24) is 10.2 Å². The fourth-order valence-electron chi connectivity index (χ4n) is 2.41. The highest BCUT2D eigenvalue weighted by Crippen LogP contribution is 2.31. The summed E-state index contributed by atoms with van der Waals surface area (Å²) in [5.74, 6) is 2.01. The molecule has 1 saturated heterocycles. The van der Waals surface area contributed by atoms with Crippen molar-refractivity contribution in [1.29, 1.82) is 0 Å². The minimum Gasteiger partial charge on any atom is -0.315 e. The largest absolute Gasteiger partial charge is 0.315 e. The van der Waals surface area contributed by atoms with Crippen LogP contribution in [0.3, 0.4) is 0 Å². The van der Waals surface area contributed by atoms with Crippen molar-refractivity contribution >= 4 is 11.8 Å². The maximum absolute atomic E-state index is 3.51. The predicted octanol–water partition coefficient (Wildman–Crippen LogP) is 2.45. The Hall–Kier alpha value is 0.270. The Bertz CT molecular complexity index is 204. The third kappa shape index (κ3) is 4.27. The van der Waals surface area contributed by atoms with Crippen molar-refractivity contribution in [2.75, 3.05) is 31.9 Å². The third-order valence-corrected chi connectivity index (χ3v) is 4.59. The molecule has 0 aromatic heterocycles. The van der Waals surface area contributed by atoms with E-state index in [1.807, 2.05) is 0 Å². The standard InChI is InChI=1S/C13H28N2S/c1-6-14-9-12(11(2)3)15-7-8-16-13(4,5)10-15/h11-12,14H,6-10H2,1-5H3. The van der Waals surface area contributed by atoms with Gasteiger partial charge in [-0.25, -0.2) is 0 Å². The van der Waals surface area contributed by atoms with Gasteiger partial charge in [0.15, 0.2) is 0 Å². The summed E-state index contributed by atoms with van der Waals surface area (Å²) in [6, 6.07) is 0.695. The van der Waals surface area contributed by atoms with Crippen molar-refractivity contribution in [2.45, 2.75) is 45.4 Å². The van der Waals surface area contributed by atoms with E-state index in [0.29, 0.717) is 10.8 Å². The van der Waals surface area contributed by atoms with Gasteiger partial charge >= 0.3 is 0 Å². The van der Waals surface area contributed by atoms with Crippen LogP contribution in [0.15, 0.2) is 0 Å². The normalized spacial score (nSPS) is 23.6. The Labute approximate surface area is 106 Å². The summed E-state index contributed by atoms with van der Waals surface area (Å²) < 4.78 is 0.428. The molecule has 1 N–H and O–H groups in total. The van der Waals surface area contributed by atoms with Crippen LogP contribution in [0.2, 0.25) is 0 Å². The van der Waals surface area contributed by atoms with E-state index in [2.05, 4.69) is 56.6 Å². The second-order valence-electron chi connectivity index (χ2n) is 5.70. The molecule has 1 atom stereocenters. The van der Waals surface area contributed by atoms with Crippen molar-refractivity contribution in [2.24, 2.45) is 5.92 Å². The predicted molar refractivity (Wildman–Crippen MR) is 75.3 cm³/mol. The van der Waals surface area contributed by atoms with Gasteiger partial charge in [-0.05, 0) is 26.3 Å². The van der Waals surface area contributed by atoms with Crippen LogP contribution < -0.4 is 5.32 Å². The molecule has 1 aliphatic rings. The first-order valence-corrected chi connectivity index (χ1v) is 7.53. The van der Waals surface area contributed by atoms with Crippen LogP contribution in [0.4, 0.5) is 0 Å². The van der Waals surface area contributed by atoms with Crippen LogP contribution in [0.5, 0.6) is 0 Å². The van der Waals surface area contributed by atoms with Crippen molar-refractivity contribution < 1.29 is 0 Å². The SMILES string of the molecule is CCNCC(C(C)C)N1CCSC(C)(C)C1. The maximum Gasteiger partial charge on any atom is 0.0244 e. The number of nitrogens with one attached hydrogen (secondary N) is 1. The van der Waals surface area contributed by atoms with Gasteiger partial charge in [0, 0.05) is 36.2 Å². The lowest BCUT2D eigenvalue weighted by atomic mass is 10.0. The molecule has 0 amide bonds. The van der Waals surface area contributed by atoms with Gasteiger partial charge in [0.1, 0.15) is 0 Å². The summed E-state index contributed by atoms with van der Waals surface area (Å²) in [6.45, 7) is 16.3. The zero-order valence-corrected chi connectivity index (χ0v) is 12.4. The van der Waals surface area contributed by atoms with E-state index < -0.39 is 0 Å². The van der Waals surface area contributed by atoms with Crippen molar-refractivity contribution in [3.8, 4) is 0 Å². The number of hydrogen-bond acceptors (Lipinski definition) is 3. The molecule has 0 spiro atoms. The van der Waals surface area contributed by atoms with Gasteiger partial charge in [0.25, 0.3) is 0 Å². The molecular weight excluding hydrogens is 216 g/mol. The highest BCUT2D eigenvalue weighted by molar-refractivity contribution is 8.00. The molecule has 0 saturated carbocycles. The average Bonchev–Trinajstić information content (AvgIpc) is 2.16. The fraction of sp³-hybridized carbons (Fsp3) is 1.00. The molecule has 3 heteroatoms. The Kier molecular flexibility index (Phi) is 5.62. The lowest BCUT2D eigenvalue weighted by molar-refractivity contribution is 0.145. The van der Waals surface area contributed by atoms with Crippen LogP contribution in [-0.4, -0.2) is 47.6 Å². The molecule has 0 aromatic rings. The summed E-state index contributed by atoms with van der Waals surface area (Å²) >= 11 is 2.12. The second kappa shape index (κ2) is 6.27. The number of rotatable bonds is 5. The number of hydrogen-bond donors (Lipinski definition) is 1. The van der Waals surface area contributed by atoms with Crippen LogP contribution in [-0.2, 0) is 0 Å². The molecule has 1 aliphatic heterocycles. The lowest BCUT2D eigenvalue weighted by Gasteiger charge is -2.43. The van der Waals surface area contributed by atoms with Crippen LogP contribution in [0, 0.1) is 5.92 Å². The first kappa shape index (κ1) is 14.3. The topological polar surface area (TPSA) is 15.3 Å². The molecule has 0 aromatic carbocycles. The lowest BCUT2D eigenvalue weighted by Crippen LogP contribution is -2.53. The number of nitrogens with zero attached hydrogens (tertiary/aromatic N) is 1. The monoisotopic (exact) mass is 244 g/mol. The molecule has 0 bridgehead atoms. The van der Waals surface area contributed by atoms with E-state index in [0.717, 1.165) is 19.0 Å². The molecule has 1 rings (SSSR count). The summed E-state index contributed by atoms with van der Waals surface area (Å²) in [6.07, 6.45) is 0. The highest BCUT2D eigenvalue weighted by Gasteiger charge is 2.31. The van der Waals surface area contributed by atoms with Crippen molar-refractivity contribution in [3.05, 3.63) is 0 Å². The molecule has 96 valence electrons. The molecule has 2 nitrogen and oxygen atoms in total. The molecular formula is C13H28N2S. The van der Waals surface area contributed by atoms with E-state index in [4.69, 9.17) is 0 Å². The molecule has 16 heavy (non-hydrogen) atoms. The minimum atomic E-state index is 0.428. The van der Waals surface area contributed by atoms with E-state index in [1.165, 1.54) is 18.8 Å². The third-order valence-electron chi connectivity index (χ3n) is 3.30. The zero-order valence-electron chi connectivity index (χ0n) is 11.5. The van der Waals surface area contributed by atoms with E-state index >= 15 is 0 Å². The van der Waals surface area contributed by atoms with E-state index in [-0.39, 0.29) is 0 Å². The summed E-state index contributed by atoms with van der Waals surface area (Å²) in [5, 5.41) is 3.51. The molecule has 1 heterocycles. The Morgan fingerprint density at radius 2 is 2.06 bits per heavy atom. The Balaban J connectivity index is 2.56. The zero-order chi connectivity index (χ0) is 12.2. The molecule has 1 unspecified atom stereocenters. The maximum atomic E-state index is 3.51. The molecule has 0 aliphatic carbocycles. The smallest absolute Gasteiger partial charge is 0.0244 e. The Morgan fingerprint density at radius 3 is 2.56 bits per heavy atom. The van der Waals surface area contributed by atoms with Crippen LogP contribution in [0.25, 0.3) is 0 Å². The highest BCUT2D eigenvalue weighted by atomic mass is 32.2. The molecule has 0 radical (unpaired) electrons. The summed E-state index contributed by atoms with van der Waals surface area (Å²) in [5.41, 5.74) is 0. The van der Waals surface area contributed by atoms with Crippen LogP contribution >= 0.6 is 11.8 Å². The van der Waals surface area contributed by atoms with Gasteiger partial charge < -0.3 is 5.32 Å². The number of likely N-dealkylation sites (N-methyl/N-ethyl adjacent to an activating group) is 1. The first-order valence-electron chi connectivity index (χ1n) is 6.55. The van der Waals surface area contributed by atoms with E-state index in [1.54, 1.807) is 0 Å². The van der Waals surface area contributed by atoms with Gasteiger partial charge in [0.2, 0.25) is 0 Å². The fourth-order valence-corrected chi connectivity index (χ4v) is 3.55. The van der Waals surface area contributed by atoms with Gasteiger partial charge in [0.05, 0.1) is 0 Å². The minimum absolute atomic E-state index is 0.428. The van der Waals surface area contributed by atoms with Gasteiger partial charge in [-0.2, -0.15) is 11.8 Å².